The van der Waals surface area contributed by atoms with Crippen molar-refractivity contribution in [3.05, 3.63) is 23.2 Å². The predicted octanol–water partition coefficient (Wildman–Crippen LogP) is 1.37. The van der Waals surface area contributed by atoms with Crippen LogP contribution < -0.4 is 10.6 Å². The van der Waals surface area contributed by atoms with Crippen molar-refractivity contribution in [2.75, 3.05) is 44.0 Å². The SMILES string of the molecule is COCCN(CCO)c1cccc(Cl)c1N. The lowest BCUT2D eigenvalue weighted by molar-refractivity contribution is 0.203. The smallest absolute Gasteiger partial charge is 0.0741 e. The average Bonchev–Trinajstić information content (AvgIpc) is 2.28. The van der Waals surface area contributed by atoms with Gasteiger partial charge in [-0.2, -0.15) is 0 Å². The van der Waals surface area contributed by atoms with Crippen LogP contribution in [0.5, 0.6) is 0 Å². The number of benzene rings is 1. The summed E-state index contributed by atoms with van der Waals surface area (Å²) in [4.78, 5) is 1.95. The molecule has 0 aliphatic heterocycles. The van der Waals surface area contributed by atoms with Crippen LogP contribution in [0.3, 0.4) is 0 Å². The second kappa shape index (κ2) is 6.58. The van der Waals surface area contributed by atoms with E-state index in [2.05, 4.69) is 0 Å². The van der Waals surface area contributed by atoms with Gasteiger partial charge in [-0.05, 0) is 12.1 Å². The molecule has 0 unspecified atom stereocenters. The standard InChI is InChI=1S/C11H17ClN2O2/c1-16-8-6-14(5-7-15)10-4-2-3-9(12)11(10)13/h2-4,15H,5-8,13H2,1H3. The third-order valence-corrected chi connectivity index (χ3v) is 2.64. The summed E-state index contributed by atoms with van der Waals surface area (Å²) < 4.78 is 5.01. The molecule has 0 fully saturated rings. The average molecular weight is 245 g/mol. The van der Waals surface area contributed by atoms with Crippen LogP contribution in [-0.2, 0) is 4.74 Å². The van der Waals surface area contributed by atoms with E-state index in [1.165, 1.54) is 0 Å². The van der Waals surface area contributed by atoms with Crippen molar-refractivity contribution in [3.63, 3.8) is 0 Å². The highest BCUT2D eigenvalue weighted by atomic mass is 35.5. The molecule has 0 heterocycles. The van der Waals surface area contributed by atoms with E-state index in [0.717, 1.165) is 5.69 Å². The van der Waals surface area contributed by atoms with Crippen LogP contribution in [0.4, 0.5) is 11.4 Å². The number of hydrogen-bond acceptors (Lipinski definition) is 4. The van der Waals surface area contributed by atoms with E-state index >= 15 is 0 Å². The van der Waals surface area contributed by atoms with Gasteiger partial charge in [0.15, 0.2) is 0 Å². The lowest BCUT2D eigenvalue weighted by Crippen LogP contribution is -2.30. The minimum absolute atomic E-state index is 0.0651. The number of methoxy groups -OCH3 is 1. The predicted molar refractivity (Wildman–Crippen MR) is 67.0 cm³/mol. The summed E-state index contributed by atoms with van der Waals surface area (Å²) in [6.07, 6.45) is 0. The molecule has 90 valence electrons. The zero-order chi connectivity index (χ0) is 12.0. The van der Waals surface area contributed by atoms with E-state index in [9.17, 15) is 0 Å². The number of ether oxygens (including phenoxy) is 1. The number of aliphatic hydroxyl groups is 1. The Morgan fingerprint density at radius 3 is 2.81 bits per heavy atom. The van der Waals surface area contributed by atoms with Gasteiger partial charge in [0, 0.05) is 20.2 Å². The van der Waals surface area contributed by atoms with Gasteiger partial charge in [-0.1, -0.05) is 17.7 Å². The first kappa shape index (κ1) is 13.1. The van der Waals surface area contributed by atoms with Crippen molar-refractivity contribution in [3.8, 4) is 0 Å². The Kier molecular flexibility index (Phi) is 5.38. The monoisotopic (exact) mass is 244 g/mol. The van der Waals surface area contributed by atoms with E-state index in [-0.39, 0.29) is 6.61 Å². The molecule has 0 amide bonds. The third kappa shape index (κ3) is 3.27. The number of nitrogen functional groups attached to an aromatic ring is 1. The highest BCUT2D eigenvalue weighted by Crippen LogP contribution is 2.29. The second-order valence-electron chi connectivity index (χ2n) is 3.38. The van der Waals surface area contributed by atoms with Gasteiger partial charge < -0.3 is 20.5 Å². The molecule has 0 spiro atoms. The summed E-state index contributed by atoms with van der Waals surface area (Å²) in [6.45, 7) is 1.82. The topological polar surface area (TPSA) is 58.7 Å². The summed E-state index contributed by atoms with van der Waals surface area (Å²) in [5, 5.41) is 9.53. The van der Waals surface area contributed by atoms with Crippen molar-refractivity contribution < 1.29 is 9.84 Å². The molecule has 0 aromatic heterocycles. The van der Waals surface area contributed by atoms with Crippen LogP contribution in [-0.4, -0.2) is 38.5 Å². The Bertz CT molecular complexity index is 334. The minimum atomic E-state index is 0.0651. The van der Waals surface area contributed by atoms with Gasteiger partial charge in [0.1, 0.15) is 0 Å². The summed E-state index contributed by atoms with van der Waals surface area (Å²) in [5.74, 6) is 0. The zero-order valence-electron chi connectivity index (χ0n) is 9.32. The molecule has 1 aromatic rings. The maximum atomic E-state index is 9.00. The first-order valence-corrected chi connectivity index (χ1v) is 5.47. The lowest BCUT2D eigenvalue weighted by atomic mass is 10.2. The van der Waals surface area contributed by atoms with Crippen molar-refractivity contribution in [2.45, 2.75) is 0 Å². The van der Waals surface area contributed by atoms with Gasteiger partial charge in [-0.25, -0.2) is 0 Å². The van der Waals surface area contributed by atoms with E-state index in [4.69, 9.17) is 27.2 Å². The first-order chi connectivity index (χ1) is 7.70. The minimum Gasteiger partial charge on any atom is -0.396 e. The van der Waals surface area contributed by atoms with Crippen LogP contribution in [0.15, 0.2) is 18.2 Å². The van der Waals surface area contributed by atoms with Crippen LogP contribution >= 0.6 is 11.6 Å². The van der Waals surface area contributed by atoms with Crippen LogP contribution in [0.25, 0.3) is 0 Å². The third-order valence-electron chi connectivity index (χ3n) is 2.31. The number of aliphatic hydroxyl groups excluding tert-OH is 1. The van der Waals surface area contributed by atoms with E-state index in [1.807, 2.05) is 17.0 Å². The zero-order valence-corrected chi connectivity index (χ0v) is 10.1. The number of hydrogen-bond donors (Lipinski definition) is 2. The molecule has 3 N–H and O–H groups in total. The Hall–Kier alpha value is -0.970. The normalized spacial score (nSPS) is 10.4. The van der Waals surface area contributed by atoms with Crippen molar-refractivity contribution in [2.24, 2.45) is 0 Å². The van der Waals surface area contributed by atoms with Gasteiger partial charge >= 0.3 is 0 Å². The number of anilines is 2. The molecule has 1 rings (SSSR count). The molecule has 0 aliphatic carbocycles. The van der Waals surface area contributed by atoms with Crippen molar-refractivity contribution in [1.29, 1.82) is 0 Å². The fourth-order valence-corrected chi connectivity index (χ4v) is 1.65. The van der Waals surface area contributed by atoms with Gasteiger partial charge in [0.2, 0.25) is 0 Å². The van der Waals surface area contributed by atoms with Gasteiger partial charge in [0.25, 0.3) is 0 Å². The fourth-order valence-electron chi connectivity index (χ4n) is 1.48. The number of rotatable bonds is 6. The lowest BCUT2D eigenvalue weighted by Gasteiger charge is -2.25. The Morgan fingerprint density at radius 1 is 1.44 bits per heavy atom. The second-order valence-corrected chi connectivity index (χ2v) is 3.78. The molecule has 1 aromatic carbocycles. The summed E-state index contributed by atoms with van der Waals surface area (Å²) >= 11 is 5.95. The highest BCUT2D eigenvalue weighted by molar-refractivity contribution is 6.33. The number of nitrogens with two attached hydrogens (primary N) is 1. The number of para-hydroxylation sites is 1. The Morgan fingerprint density at radius 2 is 2.19 bits per heavy atom. The molecule has 5 heteroatoms. The summed E-state index contributed by atoms with van der Waals surface area (Å²) in [6, 6.07) is 5.46. The Balaban J connectivity index is 2.86. The maximum Gasteiger partial charge on any atom is 0.0741 e. The number of nitrogens with zero attached hydrogens (tertiary/aromatic N) is 1. The maximum absolute atomic E-state index is 9.00. The molecule has 0 atom stereocenters. The Labute approximate surface area is 101 Å². The fraction of sp³-hybridized carbons (Fsp3) is 0.455. The molecule has 0 bridgehead atoms. The molecule has 0 aliphatic rings. The number of halogens is 1. The molecular formula is C11H17ClN2O2. The largest absolute Gasteiger partial charge is 0.396 e. The van der Waals surface area contributed by atoms with Crippen LogP contribution in [0, 0.1) is 0 Å². The van der Waals surface area contributed by atoms with E-state index in [0.29, 0.717) is 30.4 Å². The quantitative estimate of drug-likeness (QED) is 0.742. The summed E-state index contributed by atoms with van der Waals surface area (Å²) in [7, 11) is 1.64. The molecular weight excluding hydrogens is 228 g/mol. The van der Waals surface area contributed by atoms with Crippen LogP contribution in [0.1, 0.15) is 0 Å². The molecule has 0 saturated heterocycles. The molecule has 16 heavy (non-hydrogen) atoms. The van der Waals surface area contributed by atoms with Crippen molar-refractivity contribution >= 4 is 23.0 Å². The van der Waals surface area contributed by atoms with Gasteiger partial charge in [0.05, 0.1) is 29.6 Å². The highest BCUT2D eigenvalue weighted by Gasteiger charge is 2.10. The van der Waals surface area contributed by atoms with E-state index in [1.54, 1.807) is 13.2 Å². The van der Waals surface area contributed by atoms with Gasteiger partial charge in [-0.3, -0.25) is 0 Å². The molecule has 4 nitrogen and oxygen atoms in total. The van der Waals surface area contributed by atoms with Crippen LogP contribution in [0.2, 0.25) is 5.02 Å². The van der Waals surface area contributed by atoms with Crippen molar-refractivity contribution in [1.82, 2.24) is 0 Å². The van der Waals surface area contributed by atoms with E-state index < -0.39 is 0 Å². The van der Waals surface area contributed by atoms with Gasteiger partial charge in [-0.15, -0.1) is 0 Å². The molecule has 0 radical (unpaired) electrons. The molecule has 0 saturated carbocycles. The summed E-state index contributed by atoms with van der Waals surface area (Å²) in [5.41, 5.74) is 7.26. The first-order valence-electron chi connectivity index (χ1n) is 5.09.